The number of imide groups is 1. The molecule has 1 aromatic carbocycles. The van der Waals surface area contributed by atoms with Gasteiger partial charge >= 0.3 is 0 Å². The van der Waals surface area contributed by atoms with E-state index in [1.54, 1.807) is 0 Å². The second kappa shape index (κ2) is 6.08. The van der Waals surface area contributed by atoms with Crippen LogP contribution < -0.4 is 10.6 Å². The SMILES string of the molecule is NC(=O)[C@H]1CCCN([C@H]2CC(=O)N(c3ccc(F)cc3)C2=O)C1. The van der Waals surface area contributed by atoms with Crippen LogP contribution in [0.1, 0.15) is 19.3 Å². The summed E-state index contributed by atoms with van der Waals surface area (Å²) in [6.07, 6.45) is 1.55. The van der Waals surface area contributed by atoms with Crippen molar-refractivity contribution in [3.05, 3.63) is 30.1 Å². The number of rotatable bonds is 3. The molecule has 0 unspecified atom stereocenters. The van der Waals surface area contributed by atoms with Gasteiger partial charge in [0.15, 0.2) is 0 Å². The fraction of sp³-hybridized carbons (Fsp3) is 0.438. The van der Waals surface area contributed by atoms with Gasteiger partial charge in [-0.15, -0.1) is 0 Å². The van der Waals surface area contributed by atoms with Crippen molar-refractivity contribution in [2.45, 2.75) is 25.3 Å². The van der Waals surface area contributed by atoms with Crippen molar-refractivity contribution in [2.24, 2.45) is 11.7 Å². The van der Waals surface area contributed by atoms with Crippen LogP contribution >= 0.6 is 0 Å². The lowest BCUT2D eigenvalue weighted by molar-refractivity contribution is -0.127. The number of benzene rings is 1. The summed E-state index contributed by atoms with van der Waals surface area (Å²) >= 11 is 0. The van der Waals surface area contributed by atoms with Gasteiger partial charge in [0.1, 0.15) is 5.82 Å². The first-order valence-electron chi connectivity index (χ1n) is 7.63. The molecule has 2 aliphatic rings. The highest BCUT2D eigenvalue weighted by Gasteiger charge is 2.44. The van der Waals surface area contributed by atoms with E-state index in [1.807, 2.05) is 4.90 Å². The van der Waals surface area contributed by atoms with Crippen LogP contribution in [0.15, 0.2) is 24.3 Å². The molecule has 2 fully saturated rings. The van der Waals surface area contributed by atoms with E-state index in [2.05, 4.69) is 0 Å². The molecule has 1 aromatic rings. The molecule has 122 valence electrons. The lowest BCUT2D eigenvalue weighted by Crippen LogP contribution is -2.49. The van der Waals surface area contributed by atoms with Crippen molar-refractivity contribution < 1.29 is 18.8 Å². The minimum atomic E-state index is -0.574. The zero-order valence-electron chi connectivity index (χ0n) is 12.6. The van der Waals surface area contributed by atoms with Crippen molar-refractivity contribution in [1.82, 2.24) is 4.90 Å². The van der Waals surface area contributed by atoms with Crippen LogP contribution in [0.5, 0.6) is 0 Å². The molecule has 2 saturated heterocycles. The Hall–Kier alpha value is -2.28. The second-order valence-electron chi connectivity index (χ2n) is 6.00. The van der Waals surface area contributed by atoms with Gasteiger partial charge in [0.2, 0.25) is 11.8 Å². The summed E-state index contributed by atoms with van der Waals surface area (Å²) in [6, 6.07) is 4.68. The molecule has 0 aliphatic carbocycles. The van der Waals surface area contributed by atoms with E-state index in [-0.39, 0.29) is 30.1 Å². The molecule has 0 spiro atoms. The highest BCUT2D eigenvalue weighted by atomic mass is 19.1. The summed E-state index contributed by atoms with van der Waals surface area (Å²) in [5.74, 6) is -1.72. The number of halogens is 1. The summed E-state index contributed by atoms with van der Waals surface area (Å²) in [5.41, 5.74) is 5.73. The summed E-state index contributed by atoms with van der Waals surface area (Å²) in [6.45, 7) is 1.06. The first kappa shape index (κ1) is 15.6. The first-order valence-corrected chi connectivity index (χ1v) is 7.63. The van der Waals surface area contributed by atoms with Gasteiger partial charge in [-0.25, -0.2) is 9.29 Å². The van der Waals surface area contributed by atoms with Crippen molar-refractivity contribution in [1.29, 1.82) is 0 Å². The molecule has 2 heterocycles. The largest absolute Gasteiger partial charge is 0.369 e. The maximum atomic E-state index is 13.0. The summed E-state index contributed by atoms with van der Waals surface area (Å²) < 4.78 is 13.0. The molecule has 2 aliphatic heterocycles. The zero-order valence-corrected chi connectivity index (χ0v) is 12.6. The maximum absolute atomic E-state index is 13.0. The standard InChI is InChI=1S/C16H18FN3O3/c17-11-3-5-12(6-4-11)20-14(21)8-13(16(20)23)19-7-1-2-10(9-19)15(18)22/h3-6,10,13H,1-2,7-9H2,(H2,18,22)/t10-,13-/m0/s1. The number of amides is 3. The normalized spacial score (nSPS) is 25.9. The van der Waals surface area contributed by atoms with Crippen LogP contribution in [0, 0.1) is 11.7 Å². The first-order chi connectivity index (χ1) is 11.0. The number of likely N-dealkylation sites (tertiary alicyclic amines) is 1. The van der Waals surface area contributed by atoms with E-state index in [0.717, 1.165) is 11.3 Å². The Morgan fingerprint density at radius 1 is 1.22 bits per heavy atom. The molecule has 23 heavy (non-hydrogen) atoms. The van der Waals surface area contributed by atoms with Gasteiger partial charge in [0.05, 0.1) is 24.1 Å². The van der Waals surface area contributed by atoms with E-state index in [0.29, 0.717) is 25.2 Å². The monoisotopic (exact) mass is 319 g/mol. The Morgan fingerprint density at radius 2 is 1.91 bits per heavy atom. The highest BCUT2D eigenvalue weighted by molar-refractivity contribution is 6.22. The average molecular weight is 319 g/mol. The molecule has 7 heteroatoms. The molecule has 3 amide bonds. The molecule has 2 atom stereocenters. The third-order valence-corrected chi connectivity index (χ3v) is 4.50. The maximum Gasteiger partial charge on any atom is 0.251 e. The number of nitrogens with zero attached hydrogens (tertiary/aromatic N) is 2. The predicted molar refractivity (Wildman–Crippen MR) is 80.8 cm³/mol. The molecule has 3 rings (SSSR count). The smallest absolute Gasteiger partial charge is 0.251 e. The molecular formula is C16H18FN3O3. The van der Waals surface area contributed by atoms with Gasteiger partial charge in [-0.2, -0.15) is 0 Å². The number of carbonyl (C=O) groups is 3. The van der Waals surface area contributed by atoms with Gasteiger partial charge < -0.3 is 5.73 Å². The van der Waals surface area contributed by atoms with Crippen molar-refractivity contribution >= 4 is 23.4 Å². The number of carbonyl (C=O) groups excluding carboxylic acids is 3. The topological polar surface area (TPSA) is 83.7 Å². The quantitative estimate of drug-likeness (QED) is 0.829. The Balaban J connectivity index is 1.78. The van der Waals surface area contributed by atoms with Crippen molar-refractivity contribution in [3.63, 3.8) is 0 Å². The molecule has 0 radical (unpaired) electrons. The zero-order chi connectivity index (χ0) is 16.6. The number of hydrogen-bond acceptors (Lipinski definition) is 4. The van der Waals surface area contributed by atoms with Crippen LogP contribution in [-0.4, -0.2) is 41.8 Å². The predicted octanol–water partition coefficient (Wildman–Crippen LogP) is 0.655. The number of anilines is 1. The molecule has 0 saturated carbocycles. The molecular weight excluding hydrogens is 301 g/mol. The minimum absolute atomic E-state index is 0.0711. The third kappa shape index (κ3) is 2.96. The van der Waals surface area contributed by atoms with E-state index in [4.69, 9.17) is 5.73 Å². The average Bonchev–Trinajstić information content (AvgIpc) is 2.83. The number of nitrogens with two attached hydrogens (primary N) is 1. The summed E-state index contributed by atoms with van der Waals surface area (Å²) in [4.78, 5) is 39.2. The third-order valence-electron chi connectivity index (χ3n) is 4.50. The van der Waals surface area contributed by atoms with Crippen LogP contribution in [0.4, 0.5) is 10.1 Å². The second-order valence-corrected chi connectivity index (χ2v) is 6.00. The Kier molecular flexibility index (Phi) is 4.12. The van der Waals surface area contributed by atoms with Crippen molar-refractivity contribution in [3.8, 4) is 0 Å². The van der Waals surface area contributed by atoms with Gasteiger partial charge in [-0.3, -0.25) is 19.3 Å². The molecule has 6 nitrogen and oxygen atoms in total. The van der Waals surface area contributed by atoms with E-state index in [9.17, 15) is 18.8 Å². The molecule has 0 bridgehead atoms. The summed E-state index contributed by atoms with van der Waals surface area (Å²) in [7, 11) is 0. The van der Waals surface area contributed by atoms with Gasteiger partial charge in [0.25, 0.3) is 5.91 Å². The lowest BCUT2D eigenvalue weighted by Gasteiger charge is -2.34. The van der Waals surface area contributed by atoms with Gasteiger partial charge in [-0.05, 0) is 43.7 Å². The van der Waals surface area contributed by atoms with Crippen LogP contribution in [-0.2, 0) is 14.4 Å². The fourth-order valence-electron chi connectivity index (χ4n) is 3.28. The van der Waals surface area contributed by atoms with E-state index in [1.165, 1.54) is 24.3 Å². The van der Waals surface area contributed by atoms with Crippen LogP contribution in [0.25, 0.3) is 0 Å². The van der Waals surface area contributed by atoms with Crippen LogP contribution in [0.2, 0.25) is 0 Å². The van der Waals surface area contributed by atoms with E-state index < -0.39 is 11.9 Å². The summed E-state index contributed by atoms with van der Waals surface area (Å²) in [5, 5.41) is 0. The minimum Gasteiger partial charge on any atom is -0.369 e. The van der Waals surface area contributed by atoms with Crippen LogP contribution in [0.3, 0.4) is 0 Å². The highest BCUT2D eigenvalue weighted by Crippen LogP contribution is 2.28. The number of primary amides is 1. The van der Waals surface area contributed by atoms with Gasteiger partial charge in [-0.1, -0.05) is 0 Å². The Morgan fingerprint density at radius 3 is 2.57 bits per heavy atom. The fourth-order valence-corrected chi connectivity index (χ4v) is 3.28. The molecule has 0 aromatic heterocycles. The number of piperidine rings is 1. The molecule has 2 N–H and O–H groups in total. The van der Waals surface area contributed by atoms with Gasteiger partial charge in [0, 0.05) is 6.54 Å². The lowest BCUT2D eigenvalue weighted by atomic mass is 9.96. The number of hydrogen-bond donors (Lipinski definition) is 1. The van der Waals surface area contributed by atoms with Crippen molar-refractivity contribution in [2.75, 3.05) is 18.0 Å². The Labute approximate surface area is 133 Å². The Bertz CT molecular complexity index is 646. The van der Waals surface area contributed by atoms with E-state index >= 15 is 0 Å².